The van der Waals surface area contributed by atoms with Gasteiger partial charge in [-0.25, -0.2) is 0 Å². The summed E-state index contributed by atoms with van der Waals surface area (Å²) in [5.74, 6) is -0.907. The van der Waals surface area contributed by atoms with Gasteiger partial charge in [0.05, 0.1) is 0 Å². The highest BCUT2D eigenvalue weighted by atomic mass is 16.6. The van der Waals surface area contributed by atoms with E-state index in [1.807, 2.05) is 0 Å². The van der Waals surface area contributed by atoms with Crippen LogP contribution in [0.5, 0.6) is 0 Å². The molecule has 1 unspecified atom stereocenters. The molecule has 0 amide bonds. The molecule has 0 fully saturated rings. The number of rotatable bonds is 60. The Bertz CT molecular complexity index is 1340. The normalized spacial score (nSPS) is 12.4. The van der Waals surface area contributed by atoms with Gasteiger partial charge in [0.1, 0.15) is 13.2 Å². The number of ether oxygens (including phenoxy) is 3. The molecule has 0 saturated carbocycles. The van der Waals surface area contributed by atoms with Crippen LogP contribution in [0.3, 0.4) is 0 Å². The largest absolute Gasteiger partial charge is 0.462 e. The number of esters is 3. The lowest BCUT2D eigenvalue weighted by molar-refractivity contribution is -0.167. The second-order valence-corrected chi connectivity index (χ2v) is 22.0. The number of hydrogen-bond acceptors (Lipinski definition) is 6. The van der Waals surface area contributed by atoms with Gasteiger partial charge in [0.25, 0.3) is 0 Å². The first-order chi connectivity index (χ1) is 37.0. The molecule has 0 heterocycles. The molecular formula is C69H124O6. The molecule has 0 N–H and O–H groups in total. The summed E-state index contributed by atoms with van der Waals surface area (Å²) >= 11 is 0. The first kappa shape index (κ1) is 72.1. The first-order valence-electron chi connectivity index (χ1n) is 32.8. The SMILES string of the molecule is CC/C=C\C/C=C\C/C=C\C/C=C\CCCCC(=O)OCC(COC(=O)CCCCCCCCCCCCCCC/C=C\CCCCCCCCCC)OC(=O)CCCCCCCCCCCCCCCCCCC. The third kappa shape index (κ3) is 61.8. The van der Waals surface area contributed by atoms with Gasteiger partial charge in [0, 0.05) is 19.3 Å². The van der Waals surface area contributed by atoms with Crippen molar-refractivity contribution in [2.45, 2.75) is 348 Å². The van der Waals surface area contributed by atoms with Crippen LogP contribution in [0, 0.1) is 0 Å². The minimum absolute atomic E-state index is 0.0838. The third-order valence-corrected chi connectivity index (χ3v) is 14.5. The summed E-state index contributed by atoms with van der Waals surface area (Å²) in [5.41, 5.74) is 0. The average molecular weight is 1050 g/mol. The quantitative estimate of drug-likeness (QED) is 0.0261. The second-order valence-electron chi connectivity index (χ2n) is 22.0. The fourth-order valence-corrected chi connectivity index (χ4v) is 9.61. The molecule has 0 bridgehead atoms. The van der Waals surface area contributed by atoms with Crippen LogP contribution in [0.25, 0.3) is 0 Å². The van der Waals surface area contributed by atoms with Crippen molar-refractivity contribution >= 4 is 17.9 Å². The van der Waals surface area contributed by atoms with Crippen molar-refractivity contribution in [2.24, 2.45) is 0 Å². The zero-order chi connectivity index (χ0) is 54.3. The number of carbonyl (C=O) groups is 3. The van der Waals surface area contributed by atoms with Gasteiger partial charge in [-0.15, -0.1) is 0 Å². The predicted molar refractivity (Wildman–Crippen MR) is 325 cm³/mol. The summed E-state index contributed by atoms with van der Waals surface area (Å²) in [6.07, 6.45) is 81.0. The van der Waals surface area contributed by atoms with E-state index in [2.05, 4.69) is 81.5 Å². The van der Waals surface area contributed by atoms with Crippen molar-refractivity contribution in [3.8, 4) is 0 Å². The Labute approximate surface area is 466 Å². The molecule has 6 nitrogen and oxygen atoms in total. The molecule has 0 spiro atoms. The molecule has 0 aromatic rings. The van der Waals surface area contributed by atoms with E-state index in [4.69, 9.17) is 14.2 Å². The Morgan fingerprint density at radius 3 is 0.853 bits per heavy atom. The van der Waals surface area contributed by atoms with Gasteiger partial charge in [-0.1, -0.05) is 300 Å². The molecule has 0 radical (unpaired) electrons. The summed E-state index contributed by atoms with van der Waals surface area (Å²) in [6.45, 7) is 6.54. The summed E-state index contributed by atoms with van der Waals surface area (Å²) in [7, 11) is 0. The molecule has 6 heteroatoms. The van der Waals surface area contributed by atoms with Crippen molar-refractivity contribution < 1.29 is 28.6 Å². The summed E-state index contributed by atoms with van der Waals surface area (Å²) < 4.78 is 16.9. The molecule has 0 aliphatic carbocycles. The molecule has 436 valence electrons. The van der Waals surface area contributed by atoms with Crippen LogP contribution in [-0.2, 0) is 28.6 Å². The van der Waals surface area contributed by atoms with Crippen LogP contribution < -0.4 is 0 Å². The monoisotopic (exact) mass is 1050 g/mol. The highest BCUT2D eigenvalue weighted by Crippen LogP contribution is 2.17. The van der Waals surface area contributed by atoms with Crippen molar-refractivity contribution in [3.05, 3.63) is 60.8 Å². The van der Waals surface area contributed by atoms with Gasteiger partial charge in [-0.3, -0.25) is 14.4 Å². The zero-order valence-corrected chi connectivity index (χ0v) is 50.1. The second kappa shape index (κ2) is 63.6. The first-order valence-corrected chi connectivity index (χ1v) is 32.8. The van der Waals surface area contributed by atoms with Crippen LogP contribution in [0.15, 0.2) is 60.8 Å². The Morgan fingerprint density at radius 1 is 0.280 bits per heavy atom. The number of carbonyl (C=O) groups excluding carboxylic acids is 3. The molecule has 75 heavy (non-hydrogen) atoms. The van der Waals surface area contributed by atoms with Crippen LogP contribution in [0.4, 0.5) is 0 Å². The maximum absolute atomic E-state index is 12.9. The number of allylic oxidation sites excluding steroid dienone is 10. The van der Waals surface area contributed by atoms with E-state index in [0.717, 1.165) is 83.5 Å². The van der Waals surface area contributed by atoms with Crippen molar-refractivity contribution in [1.29, 1.82) is 0 Å². The van der Waals surface area contributed by atoms with Crippen molar-refractivity contribution in [3.63, 3.8) is 0 Å². The molecule has 0 rings (SSSR count). The van der Waals surface area contributed by atoms with Crippen LogP contribution in [0.2, 0.25) is 0 Å². The lowest BCUT2D eigenvalue weighted by Crippen LogP contribution is -2.30. The van der Waals surface area contributed by atoms with Crippen LogP contribution >= 0.6 is 0 Å². The smallest absolute Gasteiger partial charge is 0.306 e. The predicted octanol–water partition coefficient (Wildman–Crippen LogP) is 22.3. The Hall–Kier alpha value is -2.89. The van der Waals surface area contributed by atoms with E-state index >= 15 is 0 Å². The van der Waals surface area contributed by atoms with Crippen molar-refractivity contribution in [1.82, 2.24) is 0 Å². The number of hydrogen-bond donors (Lipinski definition) is 0. The minimum Gasteiger partial charge on any atom is -0.462 e. The molecule has 0 aromatic heterocycles. The lowest BCUT2D eigenvalue weighted by atomic mass is 10.0. The highest BCUT2D eigenvalue weighted by molar-refractivity contribution is 5.71. The van der Waals surface area contributed by atoms with Crippen LogP contribution in [-0.4, -0.2) is 37.2 Å². The van der Waals surface area contributed by atoms with E-state index in [1.54, 1.807) is 0 Å². The highest BCUT2D eigenvalue weighted by Gasteiger charge is 2.19. The molecule has 0 saturated heterocycles. The fraction of sp³-hybridized carbons (Fsp3) is 0.812. The van der Waals surface area contributed by atoms with E-state index in [9.17, 15) is 14.4 Å². The molecule has 0 aliphatic heterocycles. The maximum atomic E-state index is 12.9. The van der Waals surface area contributed by atoms with E-state index in [-0.39, 0.29) is 31.1 Å². The van der Waals surface area contributed by atoms with E-state index in [1.165, 1.54) is 218 Å². The standard InChI is InChI=1S/C69H124O6/c1-4-7-10-13-16-19-22-25-28-30-31-32-33-34-35-36-37-39-41-44-47-50-53-56-59-62-68(71)74-65-66(64-73-67(70)61-58-55-52-49-46-43-40-27-24-21-18-15-12-9-6-3)75-69(72)63-60-57-54-51-48-45-42-38-29-26-23-20-17-14-11-8-5-2/h9,12,18,21,27,30-31,40,46,49,66H,4-8,10-11,13-17,19-20,22-26,28-29,32-39,41-45,47-48,50-65H2,1-3H3/b12-9-,21-18-,31-30-,40-27-,49-46-. The average Bonchev–Trinajstić information content (AvgIpc) is 3.41. The topological polar surface area (TPSA) is 78.9 Å². The summed E-state index contributed by atoms with van der Waals surface area (Å²) in [4.78, 5) is 38.3. The Morgan fingerprint density at radius 2 is 0.520 bits per heavy atom. The van der Waals surface area contributed by atoms with E-state index < -0.39 is 6.10 Å². The lowest BCUT2D eigenvalue weighted by Gasteiger charge is -2.18. The summed E-state index contributed by atoms with van der Waals surface area (Å²) in [6, 6.07) is 0. The van der Waals surface area contributed by atoms with Gasteiger partial charge < -0.3 is 14.2 Å². The number of unbranched alkanes of at least 4 members (excludes halogenated alkanes) is 39. The summed E-state index contributed by atoms with van der Waals surface area (Å²) in [5, 5.41) is 0. The zero-order valence-electron chi connectivity index (χ0n) is 50.1. The Balaban J connectivity index is 4.30. The molecule has 1 atom stereocenters. The van der Waals surface area contributed by atoms with Gasteiger partial charge >= 0.3 is 17.9 Å². The Kier molecular flexibility index (Phi) is 61.2. The van der Waals surface area contributed by atoms with E-state index in [0.29, 0.717) is 19.3 Å². The van der Waals surface area contributed by atoms with Gasteiger partial charge in [-0.2, -0.15) is 0 Å². The molecular weight excluding hydrogens is 925 g/mol. The fourth-order valence-electron chi connectivity index (χ4n) is 9.61. The van der Waals surface area contributed by atoms with Crippen molar-refractivity contribution in [2.75, 3.05) is 13.2 Å². The third-order valence-electron chi connectivity index (χ3n) is 14.5. The maximum Gasteiger partial charge on any atom is 0.306 e. The van der Waals surface area contributed by atoms with Gasteiger partial charge in [0.2, 0.25) is 0 Å². The van der Waals surface area contributed by atoms with Gasteiger partial charge in [0.15, 0.2) is 6.10 Å². The molecule has 0 aromatic carbocycles. The minimum atomic E-state index is -0.790. The molecule has 0 aliphatic rings. The van der Waals surface area contributed by atoms with Crippen LogP contribution in [0.1, 0.15) is 342 Å². The van der Waals surface area contributed by atoms with Gasteiger partial charge in [-0.05, 0) is 83.5 Å².